The van der Waals surface area contributed by atoms with Crippen molar-refractivity contribution in [3.63, 3.8) is 0 Å². The van der Waals surface area contributed by atoms with Gasteiger partial charge in [0, 0.05) is 0 Å². The van der Waals surface area contributed by atoms with Gasteiger partial charge in [-0.2, -0.15) is 0 Å². The molecule has 0 aliphatic heterocycles. The first kappa shape index (κ1) is 23.2. The van der Waals surface area contributed by atoms with Gasteiger partial charge in [-0.05, 0) is 37.8 Å². The van der Waals surface area contributed by atoms with E-state index in [4.69, 9.17) is 4.74 Å². The SMILES string of the molecule is CCCCCCC=CC=CC=COC=CC=CC=CCCCCCC. The van der Waals surface area contributed by atoms with Gasteiger partial charge >= 0.3 is 0 Å². The molecule has 0 saturated carbocycles. The van der Waals surface area contributed by atoms with Crippen molar-refractivity contribution in [3.8, 4) is 0 Å². The average Bonchev–Trinajstić information content (AvgIpc) is 2.63. The zero-order valence-electron chi connectivity index (χ0n) is 16.4. The van der Waals surface area contributed by atoms with Crippen molar-refractivity contribution in [2.75, 3.05) is 0 Å². The van der Waals surface area contributed by atoms with E-state index in [0.717, 1.165) is 0 Å². The predicted molar refractivity (Wildman–Crippen MR) is 113 cm³/mol. The summed E-state index contributed by atoms with van der Waals surface area (Å²) < 4.78 is 5.27. The average molecular weight is 343 g/mol. The summed E-state index contributed by atoms with van der Waals surface area (Å²) in [5.74, 6) is 0. The topological polar surface area (TPSA) is 9.23 Å². The lowest BCUT2D eigenvalue weighted by molar-refractivity contribution is 0.403. The highest BCUT2D eigenvalue weighted by Crippen LogP contribution is 2.03. The summed E-state index contributed by atoms with van der Waals surface area (Å²) in [5.41, 5.74) is 0. The molecule has 0 heterocycles. The van der Waals surface area contributed by atoms with Crippen LogP contribution in [0.15, 0.2) is 73.3 Å². The molecule has 0 fully saturated rings. The van der Waals surface area contributed by atoms with Gasteiger partial charge in [-0.3, -0.25) is 0 Å². The van der Waals surface area contributed by atoms with Crippen LogP contribution in [-0.2, 0) is 4.74 Å². The maximum atomic E-state index is 5.27. The minimum Gasteiger partial charge on any atom is -0.473 e. The first-order valence-electron chi connectivity index (χ1n) is 10.0. The van der Waals surface area contributed by atoms with Gasteiger partial charge in [0.05, 0.1) is 12.5 Å². The van der Waals surface area contributed by atoms with Gasteiger partial charge in [0.2, 0.25) is 0 Å². The molecule has 0 aromatic heterocycles. The van der Waals surface area contributed by atoms with Crippen LogP contribution in [0, 0.1) is 0 Å². The number of unbranched alkanes of at least 4 members (excludes halogenated alkanes) is 8. The molecule has 0 aromatic carbocycles. The first-order valence-corrected chi connectivity index (χ1v) is 10.0. The fourth-order valence-electron chi connectivity index (χ4n) is 2.21. The Morgan fingerprint density at radius 3 is 1.36 bits per heavy atom. The number of ether oxygens (including phenoxy) is 1. The minimum absolute atomic E-state index is 1.17. The van der Waals surface area contributed by atoms with Crippen molar-refractivity contribution < 1.29 is 4.74 Å². The monoisotopic (exact) mass is 342 g/mol. The van der Waals surface area contributed by atoms with E-state index in [1.165, 1.54) is 64.2 Å². The van der Waals surface area contributed by atoms with Gasteiger partial charge in [0.15, 0.2) is 0 Å². The van der Waals surface area contributed by atoms with E-state index in [9.17, 15) is 0 Å². The standard InChI is InChI=1S/C24H38O/c1-3-5-7-9-11-13-15-17-19-21-23-25-24-22-20-18-16-14-12-10-8-6-4-2/h13-24H,3-12H2,1-2H3. The number of rotatable bonds is 16. The highest BCUT2D eigenvalue weighted by molar-refractivity contribution is 5.11. The molecule has 0 radical (unpaired) electrons. The number of hydrogen-bond donors (Lipinski definition) is 0. The van der Waals surface area contributed by atoms with Crippen molar-refractivity contribution >= 4 is 0 Å². The molecule has 1 heteroatoms. The van der Waals surface area contributed by atoms with E-state index >= 15 is 0 Å². The Morgan fingerprint density at radius 1 is 0.480 bits per heavy atom. The molecule has 0 aliphatic rings. The number of hydrogen-bond acceptors (Lipinski definition) is 1. The van der Waals surface area contributed by atoms with Gasteiger partial charge in [-0.15, -0.1) is 0 Å². The van der Waals surface area contributed by atoms with E-state index in [1.807, 2.05) is 36.5 Å². The molecule has 0 amide bonds. The van der Waals surface area contributed by atoms with Crippen LogP contribution in [-0.4, -0.2) is 0 Å². The van der Waals surface area contributed by atoms with Crippen LogP contribution in [0.4, 0.5) is 0 Å². The van der Waals surface area contributed by atoms with Crippen molar-refractivity contribution in [2.45, 2.75) is 78.1 Å². The molecule has 1 nitrogen and oxygen atoms in total. The summed E-state index contributed by atoms with van der Waals surface area (Å²) in [6, 6.07) is 0. The van der Waals surface area contributed by atoms with Crippen LogP contribution in [0.3, 0.4) is 0 Å². The Bertz CT molecular complexity index is 381. The Kier molecular flexibility index (Phi) is 20.7. The Balaban J connectivity index is 3.55. The second-order valence-corrected chi connectivity index (χ2v) is 6.12. The fourth-order valence-corrected chi connectivity index (χ4v) is 2.21. The second kappa shape index (κ2) is 22.2. The lowest BCUT2D eigenvalue weighted by Crippen LogP contribution is -1.72. The molecule has 0 spiro atoms. The summed E-state index contributed by atoms with van der Waals surface area (Å²) in [7, 11) is 0. The Labute approximate surface area is 156 Å². The maximum absolute atomic E-state index is 5.27. The van der Waals surface area contributed by atoms with Gasteiger partial charge in [0.1, 0.15) is 0 Å². The molecular weight excluding hydrogens is 304 g/mol. The maximum Gasteiger partial charge on any atom is 0.0901 e. The third-order valence-corrected chi connectivity index (χ3v) is 3.70. The molecule has 0 aliphatic carbocycles. The summed E-state index contributed by atoms with van der Waals surface area (Å²) in [5, 5.41) is 0. The zero-order chi connectivity index (χ0) is 18.3. The molecule has 140 valence electrons. The zero-order valence-corrected chi connectivity index (χ0v) is 16.4. The van der Waals surface area contributed by atoms with Gasteiger partial charge in [-0.1, -0.05) is 101 Å². The van der Waals surface area contributed by atoms with E-state index in [1.54, 1.807) is 12.5 Å². The predicted octanol–water partition coefficient (Wildman–Crippen LogP) is 8.20. The fraction of sp³-hybridized carbons (Fsp3) is 0.500. The molecular formula is C24H38O. The van der Waals surface area contributed by atoms with Gasteiger partial charge in [0.25, 0.3) is 0 Å². The third-order valence-electron chi connectivity index (χ3n) is 3.70. The van der Waals surface area contributed by atoms with Gasteiger partial charge in [-0.25, -0.2) is 0 Å². The van der Waals surface area contributed by atoms with Crippen molar-refractivity contribution in [2.24, 2.45) is 0 Å². The number of allylic oxidation sites excluding steroid dienone is 10. The summed E-state index contributed by atoms with van der Waals surface area (Å²) in [6.45, 7) is 4.48. The van der Waals surface area contributed by atoms with E-state index < -0.39 is 0 Å². The molecule has 0 atom stereocenters. The van der Waals surface area contributed by atoms with E-state index in [2.05, 4.69) is 38.2 Å². The largest absolute Gasteiger partial charge is 0.473 e. The van der Waals surface area contributed by atoms with E-state index in [-0.39, 0.29) is 0 Å². The second-order valence-electron chi connectivity index (χ2n) is 6.12. The van der Waals surface area contributed by atoms with Crippen LogP contribution in [0.5, 0.6) is 0 Å². The summed E-state index contributed by atoms with van der Waals surface area (Å²) in [6.07, 6.45) is 36.8. The normalized spacial score (nSPS) is 13.0. The van der Waals surface area contributed by atoms with Crippen molar-refractivity contribution in [1.82, 2.24) is 0 Å². The summed E-state index contributed by atoms with van der Waals surface area (Å²) in [4.78, 5) is 0. The molecule has 0 rings (SSSR count). The van der Waals surface area contributed by atoms with Crippen LogP contribution in [0.25, 0.3) is 0 Å². The van der Waals surface area contributed by atoms with E-state index in [0.29, 0.717) is 0 Å². The minimum atomic E-state index is 1.17. The third kappa shape index (κ3) is 22.2. The smallest absolute Gasteiger partial charge is 0.0901 e. The Morgan fingerprint density at radius 2 is 0.920 bits per heavy atom. The lowest BCUT2D eigenvalue weighted by atomic mass is 10.1. The molecule has 0 aromatic rings. The highest BCUT2D eigenvalue weighted by Gasteiger charge is 1.83. The molecule has 25 heavy (non-hydrogen) atoms. The van der Waals surface area contributed by atoms with Gasteiger partial charge < -0.3 is 4.74 Å². The first-order chi connectivity index (χ1) is 12.4. The van der Waals surface area contributed by atoms with Crippen molar-refractivity contribution in [1.29, 1.82) is 0 Å². The molecule has 0 unspecified atom stereocenters. The molecule has 0 N–H and O–H groups in total. The van der Waals surface area contributed by atoms with Crippen molar-refractivity contribution in [3.05, 3.63) is 73.3 Å². The summed E-state index contributed by atoms with van der Waals surface area (Å²) >= 11 is 0. The molecule has 0 saturated heterocycles. The molecule has 0 bridgehead atoms. The van der Waals surface area contributed by atoms with Crippen LogP contribution in [0.2, 0.25) is 0 Å². The van der Waals surface area contributed by atoms with Crippen LogP contribution < -0.4 is 0 Å². The Hall–Kier alpha value is -1.76. The van der Waals surface area contributed by atoms with Crippen LogP contribution in [0.1, 0.15) is 78.1 Å². The van der Waals surface area contributed by atoms with Crippen LogP contribution >= 0.6 is 0 Å². The lowest BCUT2D eigenvalue weighted by Gasteiger charge is -1.92. The quantitative estimate of drug-likeness (QED) is 0.156. The highest BCUT2D eigenvalue weighted by atomic mass is 16.5.